The molecule has 0 aliphatic carbocycles. The van der Waals surface area contributed by atoms with E-state index in [1.54, 1.807) is 27.9 Å². The number of ether oxygens (including phenoxy) is 4. The molecule has 0 saturated heterocycles. The number of esters is 1. The molecule has 32 heavy (non-hydrogen) atoms. The first-order chi connectivity index (χ1) is 14.9. The lowest BCUT2D eigenvalue weighted by atomic mass is 10.1. The van der Waals surface area contributed by atoms with Crippen molar-refractivity contribution in [1.29, 1.82) is 0 Å². The summed E-state index contributed by atoms with van der Waals surface area (Å²) in [5, 5.41) is 2.60. The molecule has 9 heteroatoms. The lowest BCUT2D eigenvalue weighted by Gasteiger charge is -2.23. The van der Waals surface area contributed by atoms with Gasteiger partial charge in [0, 0.05) is 6.42 Å². The van der Waals surface area contributed by atoms with Gasteiger partial charge in [0.25, 0.3) is 0 Å². The van der Waals surface area contributed by atoms with Gasteiger partial charge in [-0.25, -0.2) is 9.59 Å². The third-order valence-electron chi connectivity index (χ3n) is 4.26. The number of aryl methyl sites for hydroxylation is 1. The van der Waals surface area contributed by atoms with E-state index >= 15 is 0 Å². The van der Waals surface area contributed by atoms with Crippen molar-refractivity contribution in [3.63, 3.8) is 0 Å². The van der Waals surface area contributed by atoms with E-state index in [-0.39, 0.29) is 6.42 Å². The van der Waals surface area contributed by atoms with Gasteiger partial charge in [0.2, 0.25) is 0 Å². The molecule has 2 aromatic carbocycles. The van der Waals surface area contributed by atoms with Gasteiger partial charge in [-0.1, -0.05) is 0 Å². The van der Waals surface area contributed by atoms with E-state index in [1.807, 2.05) is 37.3 Å². The third-order valence-corrected chi connectivity index (χ3v) is 5.86. The smallest absolute Gasteiger partial charge is 0.408 e. The van der Waals surface area contributed by atoms with Crippen molar-refractivity contribution in [3.8, 4) is 17.2 Å². The minimum Gasteiger partial charge on any atom is -0.496 e. The first-order valence-electron chi connectivity index (χ1n) is 9.81. The Labute approximate surface area is 215 Å². The summed E-state index contributed by atoms with van der Waals surface area (Å²) >= 11 is 4.39. The van der Waals surface area contributed by atoms with Crippen LogP contribution in [0.1, 0.15) is 31.9 Å². The Bertz CT molecular complexity index is 964. The van der Waals surface area contributed by atoms with Gasteiger partial charge in [-0.05, 0) is 114 Å². The Balaban J connectivity index is 2.21. The third kappa shape index (κ3) is 7.68. The quantitative estimate of drug-likeness (QED) is 0.306. The first kappa shape index (κ1) is 26.5. The molecule has 1 N–H and O–H groups in total. The summed E-state index contributed by atoms with van der Waals surface area (Å²) in [5.74, 6) is 1.67. The predicted molar refractivity (Wildman–Crippen MR) is 139 cm³/mol. The van der Waals surface area contributed by atoms with Gasteiger partial charge in [-0.3, -0.25) is 0 Å². The molecule has 0 aliphatic rings. The second-order valence-corrected chi connectivity index (χ2v) is 10.4. The average Bonchev–Trinajstić information content (AvgIpc) is 2.68. The summed E-state index contributed by atoms with van der Waals surface area (Å²) in [6.07, 6.45) is -0.424. The van der Waals surface area contributed by atoms with Crippen LogP contribution < -0.4 is 14.8 Å². The SMILES string of the molecule is COC(=O)[C@H](Cc1cc(I)c(Oc2ccc(OC)c(C)c2)c(I)c1)NC(=O)OC(C)(C)C. The van der Waals surface area contributed by atoms with Gasteiger partial charge in [-0.15, -0.1) is 0 Å². The molecule has 0 aliphatic heterocycles. The monoisotopic (exact) mass is 667 g/mol. The Kier molecular flexibility index (Phi) is 9.43. The fourth-order valence-electron chi connectivity index (χ4n) is 2.88. The van der Waals surface area contributed by atoms with Crippen LogP contribution in [0.25, 0.3) is 0 Å². The van der Waals surface area contributed by atoms with Crippen LogP contribution in [0.4, 0.5) is 4.79 Å². The molecule has 0 bridgehead atoms. The number of benzene rings is 2. The molecule has 0 aromatic heterocycles. The zero-order chi connectivity index (χ0) is 24.1. The molecule has 0 heterocycles. The van der Waals surface area contributed by atoms with E-state index < -0.39 is 23.7 Å². The zero-order valence-corrected chi connectivity index (χ0v) is 23.2. The number of methoxy groups -OCH3 is 2. The average molecular weight is 667 g/mol. The molecule has 0 fully saturated rings. The highest BCUT2D eigenvalue weighted by molar-refractivity contribution is 14.1. The van der Waals surface area contributed by atoms with Crippen molar-refractivity contribution >= 4 is 57.2 Å². The van der Waals surface area contributed by atoms with Gasteiger partial charge in [0.15, 0.2) is 5.75 Å². The molecular weight excluding hydrogens is 640 g/mol. The Morgan fingerprint density at radius 2 is 1.69 bits per heavy atom. The fourth-order valence-corrected chi connectivity index (χ4v) is 5.00. The summed E-state index contributed by atoms with van der Waals surface area (Å²) in [7, 11) is 2.92. The van der Waals surface area contributed by atoms with E-state index in [4.69, 9.17) is 18.9 Å². The van der Waals surface area contributed by atoms with Crippen LogP contribution in [0.5, 0.6) is 17.2 Å². The van der Waals surface area contributed by atoms with Crippen LogP contribution in [-0.4, -0.2) is 37.9 Å². The van der Waals surface area contributed by atoms with Crippen LogP contribution in [0.3, 0.4) is 0 Å². The minimum absolute atomic E-state index is 0.250. The highest BCUT2D eigenvalue weighted by atomic mass is 127. The maximum absolute atomic E-state index is 12.2. The van der Waals surface area contributed by atoms with Crippen LogP contribution >= 0.6 is 45.2 Å². The number of carbonyl (C=O) groups excluding carboxylic acids is 2. The van der Waals surface area contributed by atoms with Crippen molar-refractivity contribution < 1.29 is 28.5 Å². The second kappa shape index (κ2) is 11.4. The Morgan fingerprint density at radius 1 is 1.06 bits per heavy atom. The Hall–Kier alpha value is -1.76. The molecule has 1 amide bonds. The van der Waals surface area contributed by atoms with Crippen LogP contribution in [0.15, 0.2) is 30.3 Å². The van der Waals surface area contributed by atoms with Gasteiger partial charge in [0.1, 0.15) is 23.1 Å². The molecule has 0 saturated carbocycles. The summed E-state index contributed by atoms with van der Waals surface area (Å²) in [6, 6.07) is 8.59. The predicted octanol–water partition coefficient (Wildman–Crippen LogP) is 5.61. The topological polar surface area (TPSA) is 83.1 Å². The van der Waals surface area contributed by atoms with Gasteiger partial charge >= 0.3 is 12.1 Å². The number of hydrogen-bond acceptors (Lipinski definition) is 6. The van der Waals surface area contributed by atoms with Crippen LogP contribution in [0.2, 0.25) is 0 Å². The maximum Gasteiger partial charge on any atom is 0.408 e. The number of halogens is 2. The van der Waals surface area contributed by atoms with E-state index in [9.17, 15) is 9.59 Å². The number of amides is 1. The first-order valence-corrected chi connectivity index (χ1v) is 12.0. The largest absolute Gasteiger partial charge is 0.496 e. The summed E-state index contributed by atoms with van der Waals surface area (Å²) in [5.41, 5.74) is 1.15. The Morgan fingerprint density at radius 3 is 2.19 bits per heavy atom. The molecule has 7 nitrogen and oxygen atoms in total. The number of hydrogen-bond donors (Lipinski definition) is 1. The van der Waals surface area contributed by atoms with E-state index in [0.29, 0.717) is 11.5 Å². The van der Waals surface area contributed by atoms with Gasteiger partial charge in [0.05, 0.1) is 21.4 Å². The molecule has 174 valence electrons. The summed E-state index contributed by atoms with van der Waals surface area (Å²) in [4.78, 5) is 24.4. The van der Waals surface area contributed by atoms with Crippen molar-refractivity contribution in [2.75, 3.05) is 14.2 Å². The fraction of sp³-hybridized carbons (Fsp3) is 0.391. The molecule has 2 aromatic rings. The molecule has 2 rings (SSSR count). The molecule has 1 atom stereocenters. The molecular formula is C23H27I2NO6. The van der Waals surface area contributed by atoms with Crippen LogP contribution in [-0.2, 0) is 20.7 Å². The van der Waals surface area contributed by atoms with E-state index in [1.165, 1.54) is 7.11 Å². The standard InChI is InChI=1S/C23H27I2NO6/c1-13-9-15(7-8-19(13)29-5)31-20-16(24)10-14(11-17(20)25)12-18(21(27)30-6)26-22(28)32-23(2,3)4/h7-11,18H,12H2,1-6H3,(H,26,28)/t18-/m0/s1. The normalized spacial score (nSPS) is 12.0. The zero-order valence-electron chi connectivity index (χ0n) is 18.9. The van der Waals surface area contributed by atoms with Crippen molar-refractivity contribution in [2.45, 2.75) is 45.8 Å². The summed E-state index contributed by atoms with van der Waals surface area (Å²) in [6.45, 7) is 7.23. The number of nitrogens with one attached hydrogen (secondary N) is 1. The second-order valence-electron chi connectivity index (χ2n) is 8.05. The van der Waals surface area contributed by atoms with Crippen molar-refractivity contribution in [3.05, 3.63) is 48.6 Å². The highest BCUT2D eigenvalue weighted by Gasteiger charge is 2.26. The van der Waals surface area contributed by atoms with E-state index in [2.05, 4.69) is 50.5 Å². The highest BCUT2D eigenvalue weighted by Crippen LogP contribution is 2.34. The summed E-state index contributed by atoms with van der Waals surface area (Å²) < 4.78 is 23.3. The molecule has 0 unspecified atom stereocenters. The number of alkyl carbamates (subject to hydrolysis) is 1. The van der Waals surface area contributed by atoms with E-state index in [0.717, 1.165) is 24.0 Å². The van der Waals surface area contributed by atoms with Crippen molar-refractivity contribution in [1.82, 2.24) is 5.32 Å². The van der Waals surface area contributed by atoms with Crippen LogP contribution in [0, 0.1) is 14.1 Å². The molecule has 0 spiro atoms. The van der Waals surface area contributed by atoms with Crippen molar-refractivity contribution in [2.24, 2.45) is 0 Å². The van der Waals surface area contributed by atoms with Gasteiger partial charge < -0.3 is 24.3 Å². The number of carbonyl (C=O) groups is 2. The minimum atomic E-state index is -0.877. The lowest BCUT2D eigenvalue weighted by Crippen LogP contribution is -2.45. The molecule has 0 radical (unpaired) electrons. The maximum atomic E-state index is 12.2. The number of rotatable bonds is 7. The lowest BCUT2D eigenvalue weighted by molar-refractivity contribution is -0.143. The van der Waals surface area contributed by atoms with Gasteiger partial charge in [-0.2, -0.15) is 0 Å².